The maximum absolute atomic E-state index is 9.39. The molecule has 88 valence electrons. The highest BCUT2D eigenvalue weighted by molar-refractivity contribution is 6.31. The van der Waals surface area contributed by atoms with Gasteiger partial charge in [-0.2, -0.15) is 0 Å². The molecule has 1 nitrogen and oxygen atoms in total. The predicted molar refractivity (Wildman–Crippen MR) is 68.1 cm³/mol. The Labute approximate surface area is 102 Å². The van der Waals surface area contributed by atoms with Crippen molar-refractivity contribution in [1.29, 1.82) is 0 Å². The third-order valence-electron chi connectivity index (χ3n) is 3.55. The molecule has 1 fully saturated rings. The molecule has 0 bridgehead atoms. The van der Waals surface area contributed by atoms with Crippen molar-refractivity contribution >= 4 is 11.6 Å². The van der Waals surface area contributed by atoms with E-state index in [1.807, 2.05) is 6.07 Å². The molecule has 0 aliphatic heterocycles. The van der Waals surface area contributed by atoms with Crippen LogP contribution in [0.5, 0.6) is 0 Å². The van der Waals surface area contributed by atoms with Gasteiger partial charge in [0.05, 0.1) is 6.61 Å². The number of benzene rings is 1. The summed E-state index contributed by atoms with van der Waals surface area (Å²) in [5.41, 5.74) is 2.45. The number of hydrogen-bond acceptors (Lipinski definition) is 1. The molecule has 0 atom stereocenters. The fourth-order valence-electron chi connectivity index (χ4n) is 2.14. The molecule has 0 radical (unpaired) electrons. The summed E-state index contributed by atoms with van der Waals surface area (Å²) in [5.74, 6) is 0. The second-order valence-electron chi connectivity index (χ2n) is 5.88. The van der Waals surface area contributed by atoms with E-state index >= 15 is 0 Å². The molecule has 1 aliphatic rings. The fraction of sp³-hybridized carbons (Fsp3) is 0.571. The molecule has 1 N–H and O–H groups in total. The third-order valence-corrected chi connectivity index (χ3v) is 3.86. The van der Waals surface area contributed by atoms with Gasteiger partial charge in [-0.15, -0.1) is 0 Å². The standard InChI is InChI=1S/C14H19ClO/c1-13(2,3)11-5-4-10(8-12(11)15)14(9-16)6-7-14/h4-5,8,16H,6-7,9H2,1-3H3. The monoisotopic (exact) mass is 238 g/mol. The van der Waals surface area contributed by atoms with E-state index in [4.69, 9.17) is 11.6 Å². The molecular formula is C14H19ClO. The van der Waals surface area contributed by atoms with Crippen LogP contribution in [0.2, 0.25) is 5.02 Å². The number of hydrogen-bond donors (Lipinski definition) is 1. The van der Waals surface area contributed by atoms with Gasteiger partial charge in [0, 0.05) is 10.4 Å². The van der Waals surface area contributed by atoms with Crippen molar-refractivity contribution in [2.24, 2.45) is 0 Å². The van der Waals surface area contributed by atoms with Crippen molar-refractivity contribution < 1.29 is 5.11 Å². The van der Waals surface area contributed by atoms with Gasteiger partial charge in [0.15, 0.2) is 0 Å². The van der Waals surface area contributed by atoms with Crippen LogP contribution in [0, 0.1) is 0 Å². The normalized spacial score (nSPS) is 18.6. The maximum atomic E-state index is 9.39. The van der Waals surface area contributed by atoms with Gasteiger partial charge in [-0.05, 0) is 35.4 Å². The van der Waals surface area contributed by atoms with Crippen LogP contribution in [0.25, 0.3) is 0 Å². The Morgan fingerprint density at radius 1 is 1.31 bits per heavy atom. The molecule has 0 aromatic heterocycles. The Bertz CT molecular complexity index is 400. The van der Waals surface area contributed by atoms with Gasteiger partial charge < -0.3 is 5.11 Å². The number of aliphatic hydroxyl groups excluding tert-OH is 1. The van der Waals surface area contributed by atoms with Crippen molar-refractivity contribution in [2.75, 3.05) is 6.61 Å². The van der Waals surface area contributed by atoms with E-state index in [0.29, 0.717) is 0 Å². The van der Waals surface area contributed by atoms with Crippen LogP contribution in [0.4, 0.5) is 0 Å². The lowest BCUT2D eigenvalue weighted by molar-refractivity contribution is 0.255. The highest BCUT2D eigenvalue weighted by Crippen LogP contribution is 2.48. The van der Waals surface area contributed by atoms with E-state index in [-0.39, 0.29) is 17.4 Å². The van der Waals surface area contributed by atoms with Gasteiger partial charge in [0.25, 0.3) is 0 Å². The van der Waals surface area contributed by atoms with E-state index in [0.717, 1.165) is 17.9 Å². The Hall–Kier alpha value is -0.530. The second-order valence-corrected chi connectivity index (χ2v) is 6.29. The molecule has 0 unspecified atom stereocenters. The Balaban J connectivity index is 2.37. The zero-order chi connectivity index (χ0) is 12.0. The minimum atomic E-state index is 0.0139. The van der Waals surface area contributed by atoms with Crippen LogP contribution in [-0.2, 0) is 10.8 Å². The lowest BCUT2D eigenvalue weighted by Crippen LogP contribution is -2.15. The summed E-state index contributed by atoms with van der Waals surface area (Å²) in [6.45, 7) is 6.71. The molecule has 16 heavy (non-hydrogen) atoms. The first-order valence-electron chi connectivity index (χ1n) is 5.80. The predicted octanol–water partition coefficient (Wildman–Crippen LogP) is 3.66. The SMILES string of the molecule is CC(C)(C)c1ccc(C2(CO)CC2)cc1Cl. The summed E-state index contributed by atoms with van der Waals surface area (Å²) in [4.78, 5) is 0. The average Bonchev–Trinajstić information content (AvgIpc) is 2.96. The summed E-state index contributed by atoms with van der Waals surface area (Å²) < 4.78 is 0. The first kappa shape index (κ1) is 11.9. The van der Waals surface area contributed by atoms with E-state index in [9.17, 15) is 5.11 Å². The summed E-state index contributed by atoms with van der Waals surface area (Å²) >= 11 is 6.32. The first-order valence-corrected chi connectivity index (χ1v) is 6.18. The quantitative estimate of drug-likeness (QED) is 0.834. The fourth-order valence-corrected chi connectivity index (χ4v) is 2.61. The Morgan fingerprint density at radius 2 is 1.94 bits per heavy atom. The van der Waals surface area contributed by atoms with Crippen LogP contribution in [0.3, 0.4) is 0 Å². The van der Waals surface area contributed by atoms with Crippen molar-refractivity contribution in [2.45, 2.75) is 44.4 Å². The Kier molecular flexibility index (Phi) is 2.80. The van der Waals surface area contributed by atoms with E-state index in [1.54, 1.807) is 0 Å². The summed E-state index contributed by atoms with van der Waals surface area (Å²) in [7, 11) is 0. The molecule has 0 amide bonds. The smallest absolute Gasteiger partial charge is 0.0527 e. The lowest BCUT2D eigenvalue weighted by Gasteiger charge is -2.22. The molecule has 2 rings (SSSR count). The van der Waals surface area contributed by atoms with Crippen molar-refractivity contribution in [3.05, 3.63) is 34.3 Å². The molecule has 1 aromatic carbocycles. The van der Waals surface area contributed by atoms with Crippen LogP contribution in [-0.4, -0.2) is 11.7 Å². The maximum Gasteiger partial charge on any atom is 0.0527 e. The molecular weight excluding hydrogens is 220 g/mol. The van der Waals surface area contributed by atoms with Gasteiger partial charge in [-0.3, -0.25) is 0 Å². The summed E-state index contributed by atoms with van der Waals surface area (Å²) in [6, 6.07) is 6.26. The highest BCUT2D eigenvalue weighted by atomic mass is 35.5. The zero-order valence-electron chi connectivity index (χ0n) is 10.2. The molecule has 0 heterocycles. The molecule has 1 saturated carbocycles. The minimum absolute atomic E-state index is 0.0139. The molecule has 2 heteroatoms. The van der Waals surface area contributed by atoms with Crippen LogP contribution in [0.15, 0.2) is 18.2 Å². The van der Waals surface area contributed by atoms with Gasteiger partial charge in [-0.1, -0.05) is 44.5 Å². The molecule has 0 spiro atoms. The van der Waals surface area contributed by atoms with E-state index in [2.05, 4.69) is 32.9 Å². The van der Waals surface area contributed by atoms with Crippen LogP contribution >= 0.6 is 11.6 Å². The van der Waals surface area contributed by atoms with Gasteiger partial charge >= 0.3 is 0 Å². The van der Waals surface area contributed by atoms with Crippen molar-refractivity contribution in [1.82, 2.24) is 0 Å². The van der Waals surface area contributed by atoms with Crippen molar-refractivity contribution in [3.63, 3.8) is 0 Å². The first-order chi connectivity index (χ1) is 7.39. The average molecular weight is 239 g/mol. The molecule has 0 saturated heterocycles. The number of aliphatic hydroxyl groups is 1. The number of halogens is 1. The van der Waals surface area contributed by atoms with Gasteiger partial charge in [0.2, 0.25) is 0 Å². The van der Waals surface area contributed by atoms with E-state index in [1.165, 1.54) is 11.1 Å². The third kappa shape index (κ3) is 1.99. The van der Waals surface area contributed by atoms with E-state index < -0.39 is 0 Å². The second kappa shape index (κ2) is 3.75. The molecule has 1 aliphatic carbocycles. The number of rotatable bonds is 2. The summed E-state index contributed by atoms with van der Waals surface area (Å²) in [5, 5.41) is 10.2. The largest absolute Gasteiger partial charge is 0.395 e. The lowest BCUT2D eigenvalue weighted by atomic mass is 9.85. The molecule has 1 aromatic rings. The van der Waals surface area contributed by atoms with Crippen molar-refractivity contribution in [3.8, 4) is 0 Å². The highest BCUT2D eigenvalue weighted by Gasteiger charge is 2.43. The van der Waals surface area contributed by atoms with Crippen LogP contribution in [0.1, 0.15) is 44.7 Å². The van der Waals surface area contributed by atoms with Crippen LogP contribution < -0.4 is 0 Å². The van der Waals surface area contributed by atoms with Gasteiger partial charge in [0.1, 0.15) is 0 Å². The Morgan fingerprint density at radius 3 is 2.31 bits per heavy atom. The zero-order valence-corrected chi connectivity index (χ0v) is 10.9. The summed E-state index contributed by atoms with van der Waals surface area (Å²) in [6.07, 6.45) is 2.16. The minimum Gasteiger partial charge on any atom is -0.395 e. The topological polar surface area (TPSA) is 20.2 Å². The van der Waals surface area contributed by atoms with Gasteiger partial charge in [-0.25, -0.2) is 0 Å².